The molecule has 0 aromatic rings. The van der Waals surface area contributed by atoms with E-state index < -0.39 is 22.9 Å². The third-order valence-electron chi connectivity index (χ3n) is 0.639. The van der Waals surface area contributed by atoms with Crippen molar-refractivity contribution in [3.8, 4) is 0 Å². The van der Waals surface area contributed by atoms with Gasteiger partial charge in [0.15, 0.2) is 0 Å². The van der Waals surface area contributed by atoms with Gasteiger partial charge in [-0.3, -0.25) is 4.55 Å². The minimum absolute atomic E-state index is 0.813. The molecule has 0 heterocycles. The maximum atomic E-state index is 11.9. The standard InChI is InChI=1S/C3H6F2O4S/c1-2-3(4,5)9-10(6,7)8/h2H2,1H3,(H,6,7,8). The zero-order valence-electron chi connectivity index (χ0n) is 5.04. The molecule has 4 nitrogen and oxygen atoms in total. The van der Waals surface area contributed by atoms with Crippen molar-refractivity contribution in [2.24, 2.45) is 0 Å². The van der Waals surface area contributed by atoms with Crippen LogP contribution in [-0.4, -0.2) is 19.1 Å². The van der Waals surface area contributed by atoms with Crippen LogP contribution < -0.4 is 0 Å². The van der Waals surface area contributed by atoms with Gasteiger partial charge in [-0.05, 0) is 0 Å². The van der Waals surface area contributed by atoms with Crippen molar-refractivity contribution in [1.29, 1.82) is 0 Å². The largest absolute Gasteiger partial charge is 0.402 e. The lowest BCUT2D eigenvalue weighted by Gasteiger charge is -2.10. The number of alkyl halides is 2. The fourth-order valence-corrected chi connectivity index (χ4v) is 0.639. The fraction of sp³-hybridized carbons (Fsp3) is 1.00. The van der Waals surface area contributed by atoms with Crippen molar-refractivity contribution in [2.45, 2.75) is 19.5 Å². The summed E-state index contributed by atoms with van der Waals surface area (Å²) in [7, 11) is -5.04. The minimum atomic E-state index is -5.04. The van der Waals surface area contributed by atoms with Crippen LogP contribution in [0.25, 0.3) is 0 Å². The van der Waals surface area contributed by atoms with Gasteiger partial charge in [0.05, 0.1) is 0 Å². The van der Waals surface area contributed by atoms with Gasteiger partial charge in [0, 0.05) is 6.42 Å². The summed E-state index contributed by atoms with van der Waals surface area (Å²) < 4.78 is 53.8. The highest BCUT2D eigenvalue weighted by atomic mass is 32.3. The number of hydrogen-bond donors (Lipinski definition) is 1. The first-order valence-electron chi connectivity index (χ1n) is 2.33. The van der Waals surface area contributed by atoms with Crippen LogP contribution >= 0.6 is 0 Å². The number of rotatable bonds is 3. The Balaban J connectivity index is 4.16. The molecule has 0 atom stereocenters. The molecule has 10 heavy (non-hydrogen) atoms. The minimum Gasteiger partial charge on any atom is -0.263 e. The molecule has 0 aliphatic heterocycles. The van der Waals surface area contributed by atoms with Crippen molar-refractivity contribution in [3.05, 3.63) is 0 Å². The van der Waals surface area contributed by atoms with Crippen LogP contribution in [-0.2, 0) is 14.6 Å². The molecule has 0 radical (unpaired) electrons. The van der Waals surface area contributed by atoms with E-state index in [-0.39, 0.29) is 0 Å². The molecule has 0 saturated heterocycles. The van der Waals surface area contributed by atoms with Gasteiger partial charge in [0.25, 0.3) is 0 Å². The van der Waals surface area contributed by atoms with Crippen LogP contribution in [0, 0.1) is 0 Å². The Bertz CT molecular complexity index is 197. The molecule has 0 unspecified atom stereocenters. The quantitative estimate of drug-likeness (QED) is 0.646. The number of halogens is 2. The SMILES string of the molecule is CCC(F)(F)OS(=O)(=O)O. The summed E-state index contributed by atoms with van der Waals surface area (Å²) in [5.41, 5.74) is 0. The fourth-order valence-electron chi connectivity index (χ4n) is 0.213. The molecule has 0 rings (SSSR count). The van der Waals surface area contributed by atoms with Gasteiger partial charge in [0.2, 0.25) is 0 Å². The second-order valence-electron chi connectivity index (χ2n) is 1.50. The third kappa shape index (κ3) is 4.59. The van der Waals surface area contributed by atoms with E-state index in [2.05, 4.69) is 4.18 Å². The molecule has 0 aromatic carbocycles. The van der Waals surface area contributed by atoms with Crippen LogP contribution in [0.5, 0.6) is 0 Å². The van der Waals surface area contributed by atoms with Crippen LogP contribution in [0.4, 0.5) is 8.78 Å². The first-order valence-corrected chi connectivity index (χ1v) is 3.69. The molecule has 1 N–H and O–H groups in total. The molecule has 0 bridgehead atoms. The maximum absolute atomic E-state index is 11.9. The molecule has 0 amide bonds. The van der Waals surface area contributed by atoms with E-state index in [9.17, 15) is 17.2 Å². The van der Waals surface area contributed by atoms with Gasteiger partial charge < -0.3 is 0 Å². The first-order chi connectivity index (χ1) is 4.27. The Morgan fingerprint density at radius 2 is 2.00 bits per heavy atom. The Hall–Kier alpha value is -0.270. The first kappa shape index (κ1) is 9.73. The van der Waals surface area contributed by atoms with Gasteiger partial charge in [-0.25, -0.2) is 0 Å². The van der Waals surface area contributed by atoms with Gasteiger partial charge in [-0.2, -0.15) is 21.4 Å². The van der Waals surface area contributed by atoms with Gasteiger partial charge in [-0.15, -0.1) is 0 Å². The highest BCUT2D eigenvalue weighted by Gasteiger charge is 2.33. The predicted octanol–water partition coefficient (Wildman–Crippen LogP) is 0.809. The zero-order chi connectivity index (χ0) is 8.41. The summed E-state index contributed by atoms with van der Waals surface area (Å²) in [6, 6.07) is 0. The topological polar surface area (TPSA) is 63.6 Å². The van der Waals surface area contributed by atoms with Crippen molar-refractivity contribution in [1.82, 2.24) is 0 Å². The van der Waals surface area contributed by atoms with Gasteiger partial charge >= 0.3 is 16.5 Å². The maximum Gasteiger partial charge on any atom is 0.402 e. The summed E-state index contributed by atoms with van der Waals surface area (Å²) in [6.45, 7) is 1.02. The van der Waals surface area contributed by atoms with E-state index in [1.165, 1.54) is 0 Å². The predicted molar refractivity (Wildman–Crippen MR) is 27.9 cm³/mol. The van der Waals surface area contributed by atoms with E-state index >= 15 is 0 Å². The Kier molecular flexibility index (Phi) is 2.69. The Morgan fingerprint density at radius 1 is 1.60 bits per heavy atom. The number of hydrogen-bond acceptors (Lipinski definition) is 3. The summed E-state index contributed by atoms with van der Waals surface area (Å²) >= 11 is 0. The molecule has 7 heteroatoms. The van der Waals surface area contributed by atoms with E-state index in [1.807, 2.05) is 0 Å². The molecule has 0 saturated carbocycles. The molecule has 0 spiro atoms. The van der Waals surface area contributed by atoms with Crippen LogP contribution in [0.1, 0.15) is 13.3 Å². The molecule has 0 aliphatic rings. The van der Waals surface area contributed by atoms with Gasteiger partial charge in [-0.1, -0.05) is 6.92 Å². The molecule has 0 aliphatic carbocycles. The molecular weight excluding hydrogens is 170 g/mol. The molecule has 0 fully saturated rings. The Labute approximate surface area is 56.8 Å². The summed E-state index contributed by atoms with van der Waals surface area (Å²) in [6.07, 6.45) is -4.62. The van der Waals surface area contributed by atoms with Crippen molar-refractivity contribution in [3.63, 3.8) is 0 Å². The molecule has 62 valence electrons. The normalized spacial score (nSPS) is 13.6. The van der Waals surface area contributed by atoms with Crippen LogP contribution in [0.3, 0.4) is 0 Å². The van der Waals surface area contributed by atoms with Crippen molar-refractivity contribution < 1.29 is 25.9 Å². The average Bonchev–Trinajstić information content (AvgIpc) is 1.60. The highest BCUT2D eigenvalue weighted by molar-refractivity contribution is 7.80. The smallest absolute Gasteiger partial charge is 0.263 e. The highest BCUT2D eigenvalue weighted by Crippen LogP contribution is 2.20. The monoisotopic (exact) mass is 176 g/mol. The lowest BCUT2D eigenvalue weighted by molar-refractivity contribution is -0.177. The average molecular weight is 176 g/mol. The molecular formula is C3H6F2O4S. The van der Waals surface area contributed by atoms with E-state index in [0.717, 1.165) is 6.92 Å². The second-order valence-corrected chi connectivity index (χ2v) is 2.52. The molecule has 0 aromatic heterocycles. The second kappa shape index (κ2) is 2.77. The van der Waals surface area contributed by atoms with Crippen LogP contribution in [0.15, 0.2) is 0 Å². The summed E-state index contributed by atoms with van der Waals surface area (Å²) in [5, 5.41) is 0. The Morgan fingerprint density at radius 3 is 2.10 bits per heavy atom. The van der Waals surface area contributed by atoms with E-state index in [4.69, 9.17) is 4.55 Å². The van der Waals surface area contributed by atoms with Crippen molar-refractivity contribution in [2.75, 3.05) is 0 Å². The lowest BCUT2D eigenvalue weighted by atomic mass is 10.5. The zero-order valence-corrected chi connectivity index (χ0v) is 5.86. The third-order valence-corrected chi connectivity index (χ3v) is 1.09. The summed E-state index contributed by atoms with van der Waals surface area (Å²) in [4.78, 5) is 0. The van der Waals surface area contributed by atoms with Crippen LogP contribution in [0.2, 0.25) is 0 Å². The van der Waals surface area contributed by atoms with E-state index in [0.29, 0.717) is 0 Å². The lowest BCUT2D eigenvalue weighted by Crippen LogP contribution is -2.23. The van der Waals surface area contributed by atoms with E-state index in [1.54, 1.807) is 0 Å². The van der Waals surface area contributed by atoms with Gasteiger partial charge in [0.1, 0.15) is 0 Å². The van der Waals surface area contributed by atoms with Crippen molar-refractivity contribution >= 4 is 10.4 Å². The summed E-state index contributed by atoms with van der Waals surface area (Å²) in [5.74, 6) is 0.